The number of fused-ring (bicyclic) bond motifs is 1. The first-order valence-electron chi connectivity index (χ1n) is 6.49. The Morgan fingerprint density at radius 2 is 1.72 bits per heavy atom. The van der Waals surface area contributed by atoms with E-state index in [0.717, 1.165) is 13.1 Å². The normalized spacial score (nSPS) is 17.8. The second-order valence-corrected chi connectivity index (χ2v) is 4.76. The van der Waals surface area contributed by atoms with Crippen molar-refractivity contribution in [2.24, 2.45) is 5.73 Å². The summed E-state index contributed by atoms with van der Waals surface area (Å²) in [5.41, 5.74) is 9.87. The Morgan fingerprint density at radius 1 is 1.00 bits per heavy atom. The van der Waals surface area contributed by atoms with Crippen LogP contribution in [0.1, 0.15) is 17.0 Å². The maximum atomic E-state index is 5.71. The van der Waals surface area contributed by atoms with Gasteiger partial charge in [-0.3, -0.25) is 0 Å². The second kappa shape index (κ2) is 4.83. The second-order valence-electron chi connectivity index (χ2n) is 4.76. The van der Waals surface area contributed by atoms with E-state index in [1.165, 1.54) is 16.8 Å². The molecule has 18 heavy (non-hydrogen) atoms. The minimum Gasteiger partial charge on any atom is -0.369 e. The van der Waals surface area contributed by atoms with Gasteiger partial charge in [-0.1, -0.05) is 48.5 Å². The van der Waals surface area contributed by atoms with Gasteiger partial charge in [0.2, 0.25) is 0 Å². The molecule has 0 saturated carbocycles. The molecular weight excluding hydrogens is 220 g/mol. The quantitative estimate of drug-likeness (QED) is 0.890. The number of anilines is 1. The minimum atomic E-state index is 0.481. The van der Waals surface area contributed by atoms with Crippen LogP contribution in [0.4, 0.5) is 5.69 Å². The summed E-state index contributed by atoms with van der Waals surface area (Å²) in [4.78, 5) is 2.40. The van der Waals surface area contributed by atoms with Gasteiger partial charge >= 0.3 is 0 Å². The lowest BCUT2D eigenvalue weighted by Crippen LogP contribution is -2.28. The fraction of sp³-hybridized carbons (Fsp3) is 0.250. The van der Waals surface area contributed by atoms with Crippen molar-refractivity contribution >= 4 is 5.69 Å². The maximum absolute atomic E-state index is 5.71. The van der Waals surface area contributed by atoms with E-state index in [2.05, 4.69) is 59.5 Å². The smallest absolute Gasteiger partial charge is 0.0406 e. The van der Waals surface area contributed by atoms with Crippen LogP contribution in [-0.2, 0) is 0 Å². The predicted molar refractivity (Wildman–Crippen MR) is 76.0 cm³/mol. The van der Waals surface area contributed by atoms with Gasteiger partial charge in [-0.15, -0.1) is 0 Å². The van der Waals surface area contributed by atoms with Gasteiger partial charge in [-0.2, -0.15) is 0 Å². The maximum Gasteiger partial charge on any atom is 0.0406 e. The number of nitrogens with zero attached hydrogens (tertiary/aromatic N) is 1. The molecule has 0 saturated heterocycles. The Bertz CT molecular complexity index is 522. The molecule has 92 valence electrons. The molecule has 2 N–H and O–H groups in total. The molecular formula is C16H18N2. The highest BCUT2D eigenvalue weighted by Crippen LogP contribution is 2.39. The largest absolute Gasteiger partial charge is 0.369 e. The first-order chi connectivity index (χ1) is 8.90. The van der Waals surface area contributed by atoms with Gasteiger partial charge in [0.1, 0.15) is 0 Å². The average Bonchev–Trinajstić information content (AvgIpc) is 2.80. The molecule has 2 aromatic rings. The van der Waals surface area contributed by atoms with E-state index in [4.69, 9.17) is 5.73 Å². The molecule has 1 unspecified atom stereocenters. The molecule has 0 radical (unpaired) electrons. The van der Waals surface area contributed by atoms with Crippen molar-refractivity contribution in [1.29, 1.82) is 0 Å². The van der Waals surface area contributed by atoms with E-state index in [1.54, 1.807) is 0 Å². The van der Waals surface area contributed by atoms with Gasteiger partial charge in [0, 0.05) is 31.2 Å². The van der Waals surface area contributed by atoms with Gasteiger partial charge in [0.15, 0.2) is 0 Å². The lowest BCUT2D eigenvalue weighted by Gasteiger charge is -2.18. The third-order valence-corrected chi connectivity index (χ3v) is 3.66. The van der Waals surface area contributed by atoms with Gasteiger partial charge in [-0.05, 0) is 17.2 Å². The van der Waals surface area contributed by atoms with Crippen molar-refractivity contribution in [3.8, 4) is 0 Å². The Balaban J connectivity index is 1.99. The fourth-order valence-electron chi connectivity index (χ4n) is 2.83. The number of nitrogens with two attached hydrogens (primary N) is 1. The molecule has 2 aromatic carbocycles. The lowest BCUT2D eigenvalue weighted by molar-refractivity contribution is 0.769. The van der Waals surface area contributed by atoms with E-state index < -0.39 is 0 Å². The molecule has 0 bridgehead atoms. The van der Waals surface area contributed by atoms with Crippen LogP contribution in [0.5, 0.6) is 0 Å². The molecule has 1 aliphatic rings. The zero-order valence-electron chi connectivity index (χ0n) is 10.4. The molecule has 1 heterocycles. The van der Waals surface area contributed by atoms with Crippen molar-refractivity contribution in [2.45, 2.75) is 5.92 Å². The number of para-hydroxylation sites is 1. The molecule has 3 rings (SSSR count). The highest BCUT2D eigenvalue weighted by atomic mass is 15.2. The van der Waals surface area contributed by atoms with Crippen LogP contribution in [0.3, 0.4) is 0 Å². The van der Waals surface area contributed by atoms with Gasteiger partial charge in [0.25, 0.3) is 0 Å². The Morgan fingerprint density at radius 3 is 2.50 bits per heavy atom. The van der Waals surface area contributed by atoms with Crippen molar-refractivity contribution in [2.75, 3.05) is 24.5 Å². The molecule has 0 spiro atoms. The van der Waals surface area contributed by atoms with E-state index >= 15 is 0 Å². The highest BCUT2D eigenvalue weighted by molar-refractivity contribution is 5.62. The third-order valence-electron chi connectivity index (χ3n) is 3.66. The van der Waals surface area contributed by atoms with Gasteiger partial charge in [0.05, 0.1) is 0 Å². The van der Waals surface area contributed by atoms with E-state index in [-0.39, 0.29) is 0 Å². The van der Waals surface area contributed by atoms with Crippen LogP contribution in [0, 0.1) is 0 Å². The topological polar surface area (TPSA) is 29.3 Å². The van der Waals surface area contributed by atoms with Crippen molar-refractivity contribution in [3.05, 3.63) is 65.7 Å². The van der Waals surface area contributed by atoms with Crippen LogP contribution < -0.4 is 10.6 Å². The summed E-state index contributed by atoms with van der Waals surface area (Å²) in [6.45, 7) is 2.68. The monoisotopic (exact) mass is 238 g/mol. The predicted octanol–water partition coefficient (Wildman–Crippen LogP) is 2.60. The highest BCUT2D eigenvalue weighted by Gasteiger charge is 2.28. The van der Waals surface area contributed by atoms with Crippen LogP contribution in [0.15, 0.2) is 54.6 Å². The summed E-state index contributed by atoms with van der Waals surface area (Å²) in [7, 11) is 0. The molecule has 0 aliphatic carbocycles. The number of hydrogen-bond donors (Lipinski definition) is 1. The van der Waals surface area contributed by atoms with Gasteiger partial charge < -0.3 is 10.6 Å². The lowest BCUT2D eigenvalue weighted by atomic mass is 9.93. The van der Waals surface area contributed by atoms with Crippen molar-refractivity contribution in [3.63, 3.8) is 0 Å². The molecule has 2 heteroatoms. The molecule has 1 atom stereocenters. The minimum absolute atomic E-state index is 0.481. The Hall–Kier alpha value is -1.80. The van der Waals surface area contributed by atoms with Crippen LogP contribution in [0.25, 0.3) is 0 Å². The SMILES string of the molecule is NCCN1CC(c2ccccc2)c2ccccc21. The van der Waals surface area contributed by atoms with E-state index in [1.807, 2.05) is 0 Å². The number of benzene rings is 2. The van der Waals surface area contributed by atoms with E-state index in [0.29, 0.717) is 12.5 Å². The summed E-state index contributed by atoms with van der Waals surface area (Å²) in [5, 5.41) is 0. The summed E-state index contributed by atoms with van der Waals surface area (Å²) in [6, 6.07) is 19.4. The van der Waals surface area contributed by atoms with Crippen LogP contribution in [0.2, 0.25) is 0 Å². The standard InChI is InChI=1S/C16H18N2/c17-10-11-18-12-15(13-6-2-1-3-7-13)14-8-4-5-9-16(14)18/h1-9,15H,10-12,17H2. The Labute approximate surface area is 108 Å². The summed E-state index contributed by atoms with van der Waals surface area (Å²) < 4.78 is 0. The fourth-order valence-corrected chi connectivity index (χ4v) is 2.83. The average molecular weight is 238 g/mol. The molecule has 1 aliphatic heterocycles. The summed E-state index contributed by atoms with van der Waals surface area (Å²) in [6.07, 6.45) is 0. The summed E-state index contributed by atoms with van der Waals surface area (Å²) >= 11 is 0. The Kier molecular flexibility index (Phi) is 3.03. The van der Waals surface area contributed by atoms with E-state index in [9.17, 15) is 0 Å². The first kappa shape index (κ1) is 11.3. The van der Waals surface area contributed by atoms with Gasteiger partial charge in [-0.25, -0.2) is 0 Å². The molecule has 0 amide bonds. The molecule has 0 aromatic heterocycles. The van der Waals surface area contributed by atoms with Crippen LogP contribution in [-0.4, -0.2) is 19.6 Å². The summed E-state index contributed by atoms with van der Waals surface area (Å²) in [5.74, 6) is 0.481. The molecule has 2 nitrogen and oxygen atoms in total. The molecule has 0 fully saturated rings. The zero-order valence-corrected chi connectivity index (χ0v) is 10.4. The first-order valence-corrected chi connectivity index (χ1v) is 6.49. The third kappa shape index (κ3) is 1.89. The zero-order chi connectivity index (χ0) is 12.4. The van der Waals surface area contributed by atoms with Crippen LogP contribution >= 0.6 is 0 Å². The number of hydrogen-bond acceptors (Lipinski definition) is 2. The van der Waals surface area contributed by atoms with Crippen molar-refractivity contribution < 1.29 is 0 Å². The van der Waals surface area contributed by atoms with Crippen molar-refractivity contribution in [1.82, 2.24) is 0 Å². The number of rotatable bonds is 3.